The Hall–Kier alpha value is -1.40. The maximum absolute atomic E-state index is 12.2. The molecule has 5 nitrogen and oxygen atoms in total. The van der Waals surface area contributed by atoms with Crippen LogP contribution in [0.1, 0.15) is 43.3 Å². The summed E-state index contributed by atoms with van der Waals surface area (Å²) in [6.45, 7) is 8.35. The lowest BCUT2D eigenvalue weighted by Crippen LogP contribution is -2.45. The van der Waals surface area contributed by atoms with Crippen molar-refractivity contribution < 1.29 is 14.3 Å². The Morgan fingerprint density at radius 1 is 1.42 bits per heavy atom. The van der Waals surface area contributed by atoms with Crippen molar-refractivity contribution in [2.45, 2.75) is 39.2 Å². The number of amides is 1. The van der Waals surface area contributed by atoms with Crippen molar-refractivity contribution in [2.24, 2.45) is 5.92 Å². The van der Waals surface area contributed by atoms with Gasteiger partial charge in [-0.3, -0.25) is 9.69 Å². The van der Waals surface area contributed by atoms with Gasteiger partial charge >= 0.3 is 6.09 Å². The predicted molar refractivity (Wildman–Crippen MR) is 96.7 cm³/mol. The molecular weight excluding hydrogens is 324 g/mol. The number of thiophene rings is 1. The van der Waals surface area contributed by atoms with Gasteiger partial charge in [0.25, 0.3) is 0 Å². The minimum atomic E-state index is -0.464. The van der Waals surface area contributed by atoms with Crippen molar-refractivity contribution in [1.29, 1.82) is 0 Å². The molecule has 134 valence electrons. The van der Waals surface area contributed by atoms with E-state index in [1.54, 1.807) is 4.90 Å². The Morgan fingerprint density at radius 2 is 2.17 bits per heavy atom. The molecule has 24 heavy (non-hydrogen) atoms. The van der Waals surface area contributed by atoms with Crippen LogP contribution in [0.5, 0.6) is 0 Å². The van der Waals surface area contributed by atoms with Crippen molar-refractivity contribution >= 4 is 23.2 Å². The van der Waals surface area contributed by atoms with Crippen molar-refractivity contribution in [3.8, 4) is 0 Å². The zero-order chi connectivity index (χ0) is 17.7. The Kier molecular flexibility index (Phi) is 6.40. The van der Waals surface area contributed by atoms with Crippen molar-refractivity contribution in [3.05, 3.63) is 22.4 Å². The quantitative estimate of drug-likeness (QED) is 0.761. The largest absolute Gasteiger partial charge is 0.444 e. The van der Waals surface area contributed by atoms with Crippen LogP contribution in [0.3, 0.4) is 0 Å². The average molecular weight is 353 g/mol. The number of piperidine rings is 1. The summed E-state index contributed by atoms with van der Waals surface area (Å²) in [7, 11) is 1.97. The van der Waals surface area contributed by atoms with Gasteiger partial charge in [0.05, 0.1) is 11.4 Å². The highest BCUT2D eigenvalue weighted by atomic mass is 32.1. The summed E-state index contributed by atoms with van der Waals surface area (Å²) >= 11 is 1.48. The number of hydrogen-bond acceptors (Lipinski definition) is 5. The highest BCUT2D eigenvalue weighted by Gasteiger charge is 2.28. The number of Topliss-reactive ketones (excluding diaryl/α,β-unsaturated/α-hetero) is 1. The summed E-state index contributed by atoms with van der Waals surface area (Å²) in [6, 6.07) is 3.77. The van der Waals surface area contributed by atoms with Crippen LogP contribution in [0.4, 0.5) is 4.79 Å². The second-order valence-electron chi connectivity index (χ2n) is 7.53. The molecule has 0 radical (unpaired) electrons. The van der Waals surface area contributed by atoms with Gasteiger partial charge in [0.1, 0.15) is 5.60 Å². The van der Waals surface area contributed by atoms with Gasteiger partial charge in [-0.2, -0.15) is 0 Å². The van der Waals surface area contributed by atoms with Gasteiger partial charge in [0.15, 0.2) is 5.78 Å². The number of ketones is 1. The topological polar surface area (TPSA) is 49.9 Å². The summed E-state index contributed by atoms with van der Waals surface area (Å²) in [5.41, 5.74) is -0.464. The lowest BCUT2D eigenvalue weighted by Gasteiger charge is -2.35. The van der Waals surface area contributed by atoms with Crippen LogP contribution in [-0.2, 0) is 4.74 Å². The van der Waals surface area contributed by atoms with Crippen molar-refractivity contribution in [1.82, 2.24) is 9.80 Å². The van der Waals surface area contributed by atoms with Crippen LogP contribution in [0, 0.1) is 5.92 Å². The Bertz CT molecular complexity index is 551. The average Bonchev–Trinajstić information content (AvgIpc) is 2.99. The maximum Gasteiger partial charge on any atom is 0.410 e. The fraction of sp³-hybridized carbons (Fsp3) is 0.667. The second kappa shape index (κ2) is 8.12. The first kappa shape index (κ1) is 18.9. The van der Waals surface area contributed by atoms with E-state index in [9.17, 15) is 9.59 Å². The fourth-order valence-electron chi connectivity index (χ4n) is 2.97. The van der Waals surface area contributed by atoms with E-state index >= 15 is 0 Å². The van der Waals surface area contributed by atoms with E-state index in [2.05, 4.69) is 4.90 Å². The molecule has 1 atom stereocenters. The Morgan fingerprint density at radius 3 is 2.79 bits per heavy atom. The van der Waals surface area contributed by atoms with Gasteiger partial charge in [-0.25, -0.2) is 4.79 Å². The summed E-state index contributed by atoms with van der Waals surface area (Å²) in [5.74, 6) is 0.541. The molecule has 0 spiro atoms. The number of carbonyl (C=O) groups is 2. The third-order valence-corrected chi connectivity index (χ3v) is 4.86. The van der Waals surface area contributed by atoms with Crippen molar-refractivity contribution in [3.63, 3.8) is 0 Å². The van der Waals surface area contributed by atoms with E-state index in [1.165, 1.54) is 11.3 Å². The van der Waals surface area contributed by atoms with Crippen LogP contribution in [0.2, 0.25) is 0 Å². The highest BCUT2D eigenvalue weighted by Crippen LogP contribution is 2.20. The fourth-order valence-corrected chi connectivity index (χ4v) is 3.63. The molecule has 1 saturated heterocycles. The molecule has 6 heteroatoms. The van der Waals surface area contributed by atoms with E-state index in [1.807, 2.05) is 45.3 Å². The lowest BCUT2D eigenvalue weighted by molar-refractivity contribution is 0.0149. The molecular formula is C18H28N2O3S. The van der Waals surface area contributed by atoms with Gasteiger partial charge in [0, 0.05) is 19.6 Å². The van der Waals surface area contributed by atoms with Crippen molar-refractivity contribution in [2.75, 3.05) is 33.2 Å². The third kappa shape index (κ3) is 5.91. The third-order valence-electron chi connectivity index (χ3n) is 3.95. The lowest BCUT2D eigenvalue weighted by atomic mass is 9.97. The van der Waals surface area contributed by atoms with Gasteiger partial charge in [-0.1, -0.05) is 6.07 Å². The van der Waals surface area contributed by atoms with Crippen LogP contribution in [-0.4, -0.2) is 60.5 Å². The van der Waals surface area contributed by atoms with Crippen LogP contribution in [0.15, 0.2) is 17.5 Å². The first-order valence-electron chi connectivity index (χ1n) is 8.48. The second-order valence-corrected chi connectivity index (χ2v) is 8.48. The molecule has 1 fully saturated rings. The normalized spacial score (nSPS) is 18.7. The molecule has 2 rings (SSSR count). The molecule has 1 aliphatic rings. The predicted octanol–water partition coefficient (Wildman–Crippen LogP) is 3.51. The standard InChI is InChI=1S/C18H28N2O3S/c1-18(2,3)23-17(22)20-9-5-7-14(12-20)11-19(4)13-15(21)16-8-6-10-24-16/h6,8,10,14H,5,7,9,11-13H2,1-4H3/t14-/m1/s1. The number of ether oxygens (including phenoxy) is 1. The zero-order valence-corrected chi connectivity index (χ0v) is 15.9. The first-order chi connectivity index (χ1) is 11.2. The summed E-state index contributed by atoms with van der Waals surface area (Å²) in [6.07, 6.45) is 1.83. The number of carbonyl (C=O) groups excluding carboxylic acids is 2. The number of hydrogen-bond donors (Lipinski definition) is 0. The molecule has 1 aliphatic heterocycles. The van der Waals surface area contributed by atoms with Gasteiger partial charge in [0.2, 0.25) is 0 Å². The summed E-state index contributed by atoms with van der Waals surface area (Å²) in [5, 5.41) is 1.92. The summed E-state index contributed by atoms with van der Waals surface area (Å²) < 4.78 is 5.46. The van der Waals surface area contributed by atoms with Gasteiger partial charge in [-0.05, 0) is 58.0 Å². The molecule has 0 aromatic carbocycles. The minimum Gasteiger partial charge on any atom is -0.444 e. The molecule has 1 aromatic rings. The van der Waals surface area contributed by atoms with E-state index in [0.717, 1.165) is 30.8 Å². The number of likely N-dealkylation sites (N-methyl/N-ethyl adjacent to an activating group) is 1. The van der Waals surface area contributed by atoms with Crippen LogP contribution >= 0.6 is 11.3 Å². The minimum absolute atomic E-state index is 0.160. The molecule has 0 N–H and O–H groups in total. The Balaban J connectivity index is 1.81. The molecule has 0 unspecified atom stereocenters. The summed E-state index contributed by atoms with van der Waals surface area (Å²) in [4.78, 5) is 29.1. The molecule has 0 aliphatic carbocycles. The number of nitrogens with zero attached hydrogens (tertiary/aromatic N) is 2. The highest BCUT2D eigenvalue weighted by molar-refractivity contribution is 7.12. The van der Waals surface area contributed by atoms with E-state index < -0.39 is 5.60 Å². The van der Waals surface area contributed by atoms with E-state index in [-0.39, 0.29) is 11.9 Å². The van der Waals surface area contributed by atoms with E-state index in [4.69, 9.17) is 4.74 Å². The van der Waals surface area contributed by atoms with Gasteiger partial charge in [-0.15, -0.1) is 11.3 Å². The smallest absolute Gasteiger partial charge is 0.410 e. The van der Waals surface area contributed by atoms with E-state index in [0.29, 0.717) is 19.0 Å². The SMILES string of the molecule is CN(CC(=O)c1cccs1)C[C@H]1CCCN(C(=O)OC(C)(C)C)C1. The van der Waals surface area contributed by atoms with Gasteiger partial charge < -0.3 is 9.64 Å². The number of likely N-dealkylation sites (tertiary alicyclic amines) is 1. The molecule has 1 aromatic heterocycles. The Labute approximate surface area is 148 Å². The monoisotopic (exact) mass is 352 g/mol. The molecule has 0 bridgehead atoms. The van der Waals surface area contributed by atoms with Crippen LogP contribution < -0.4 is 0 Å². The molecule has 1 amide bonds. The molecule has 2 heterocycles. The maximum atomic E-state index is 12.2. The zero-order valence-electron chi connectivity index (χ0n) is 15.1. The molecule has 0 saturated carbocycles. The van der Waals surface area contributed by atoms with Crippen LogP contribution in [0.25, 0.3) is 0 Å². The number of rotatable bonds is 5. The first-order valence-corrected chi connectivity index (χ1v) is 9.36.